The van der Waals surface area contributed by atoms with Gasteiger partial charge in [-0.2, -0.15) is 0 Å². The normalized spacial score (nSPS) is 19.8. The lowest BCUT2D eigenvalue weighted by Gasteiger charge is -2.30. The van der Waals surface area contributed by atoms with Crippen LogP contribution in [0.1, 0.15) is 83.2 Å². The number of benzene rings is 3. The first kappa shape index (κ1) is 38.3. The number of carbonyl (C=O) groups excluding carboxylic acids is 3. The third kappa shape index (κ3) is 7.38. The van der Waals surface area contributed by atoms with Gasteiger partial charge in [-0.1, -0.05) is 32.0 Å². The van der Waals surface area contributed by atoms with Gasteiger partial charge in [0.15, 0.2) is 0 Å². The average Bonchev–Trinajstić information content (AvgIpc) is 4.01. The fourth-order valence-electron chi connectivity index (χ4n) is 8.54. The fraction of sp³-hybridized carbons (Fsp3) is 0.465. The molecule has 2 aromatic heterocycles. The second kappa shape index (κ2) is 15.0. The van der Waals surface area contributed by atoms with E-state index in [0.29, 0.717) is 26.3 Å². The van der Waals surface area contributed by atoms with Gasteiger partial charge in [0.1, 0.15) is 35.6 Å². The van der Waals surface area contributed by atoms with Crippen molar-refractivity contribution in [1.82, 2.24) is 35.1 Å². The van der Waals surface area contributed by atoms with Crippen LogP contribution in [0.25, 0.3) is 44.2 Å². The Kier molecular flexibility index (Phi) is 10.1. The number of nitrogens with zero attached hydrogens (tertiary/aromatic N) is 4. The summed E-state index contributed by atoms with van der Waals surface area (Å²) >= 11 is 0. The van der Waals surface area contributed by atoms with Crippen LogP contribution in [0.4, 0.5) is 9.59 Å². The highest BCUT2D eigenvalue weighted by atomic mass is 16.6. The molecule has 2 fully saturated rings. The predicted octanol–water partition coefficient (Wildman–Crippen LogP) is 7.65. The van der Waals surface area contributed by atoms with Gasteiger partial charge >= 0.3 is 12.2 Å². The summed E-state index contributed by atoms with van der Waals surface area (Å²) in [6.45, 7) is 11.5. The molecule has 8 rings (SSSR count). The van der Waals surface area contributed by atoms with Gasteiger partial charge in [-0.3, -0.25) is 9.69 Å². The first-order valence-electron chi connectivity index (χ1n) is 19.7. The first-order chi connectivity index (χ1) is 27.3. The molecule has 3 N–H and O–H groups in total. The molecule has 2 saturated heterocycles. The molecule has 0 saturated carbocycles. The van der Waals surface area contributed by atoms with Gasteiger partial charge in [0.05, 0.1) is 48.7 Å². The van der Waals surface area contributed by atoms with E-state index in [2.05, 4.69) is 51.7 Å². The van der Waals surface area contributed by atoms with Gasteiger partial charge in [0, 0.05) is 37.1 Å². The number of alkyl carbamates (subject to hydrolysis) is 1. The van der Waals surface area contributed by atoms with Crippen LogP contribution in [0.15, 0.2) is 48.7 Å². The van der Waals surface area contributed by atoms with Gasteiger partial charge in [0.2, 0.25) is 5.91 Å². The SMILES string of the molecule is COC[C@@H]1CC(c2nc3ccc4cc5c(cc4c3[nH]2)OCc2cc(-c3cnc([C@@H]4CCCN4C(=O)[C@@H](NC(=O)OC)C(C)C)[nH]3)ccc2-5)N(C(=O)OC(C)(C)C)C1. The van der Waals surface area contributed by atoms with Crippen molar-refractivity contribution in [3.8, 4) is 28.1 Å². The van der Waals surface area contributed by atoms with E-state index >= 15 is 0 Å². The number of carbonyl (C=O) groups is 3. The van der Waals surface area contributed by atoms with E-state index < -0.39 is 17.7 Å². The van der Waals surface area contributed by atoms with Crippen molar-refractivity contribution >= 4 is 39.9 Å². The summed E-state index contributed by atoms with van der Waals surface area (Å²) in [5, 5.41) is 4.74. The van der Waals surface area contributed by atoms with E-state index in [0.717, 1.165) is 86.4 Å². The van der Waals surface area contributed by atoms with Gasteiger partial charge in [-0.15, -0.1) is 0 Å². The Bertz CT molecular complexity index is 2340. The predicted molar refractivity (Wildman–Crippen MR) is 214 cm³/mol. The van der Waals surface area contributed by atoms with E-state index in [9.17, 15) is 14.4 Å². The molecule has 3 aliphatic rings. The van der Waals surface area contributed by atoms with E-state index in [1.165, 1.54) is 7.11 Å². The summed E-state index contributed by atoms with van der Waals surface area (Å²) in [6.07, 6.45) is 3.17. The van der Waals surface area contributed by atoms with Crippen molar-refractivity contribution in [1.29, 1.82) is 0 Å². The number of aromatic amines is 2. The van der Waals surface area contributed by atoms with Gasteiger partial charge in [0.25, 0.3) is 0 Å². The molecule has 1 unspecified atom stereocenters. The maximum Gasteiger partial charge on any atom is 0.410 e. The minimum atomic E-state index is -0.695. The third-order valence-electron chi connectivity index (χ3n) is 11.3. The van der Waals surface area contributed by atoms with Crippen LogP contribution in [0.3, 0.4) is 0 Å². The molecule has 0 bridgehead atoms. The minimum Gasteiger partial charge on any atom is -0.488 e. The van der Waals surface area contributed by atoms with E-state index in [1.54, 1.807) is 12.0 Å². The number of H-pyrrole nitrogens is 2. The number of amides is 3. The Morgan fingerprint density at radius 2 is 1.82 bits per heavy atom. The molecule has 5 heterocycles. The molecular formula is C43H51N7O7. The number of nitrogens with one attached hydrogen (secondary N) is 3. The standard InChI is InChI=1S/C43H51N7O7/c1-23(2)36(48-41(52)55-7)40(51)49-14-8-9-33(49)38-44-19-32(46-38)26-10-12-28-27(16-26)22-56-35-18-29-25(17-30(28)35)11-13-31-37(29)47-39(45-31)34-15-24(21-54-6)20-50(34)42(53)57-43(3,4)5/h10-13,16-19,23-24,33-34,36H,8-9,14-15,20-22H2,1-7H3,(H,44,46)(H,45,47)(H,48,52)/t24-,33+,34?,36+/m1/s1. The monoisotopic (exact) mass is 777 g/mol. The number of methoxy groups -OCH3 is 2. The number of hydrogen-bond acceptors (Lipinski definition) is 9. The Morgan fingerprint density at radius 1 is 1.00 bits per heavy atom. The highest BCUT2D eigenvalue weighted by Gasteiger charge is 2.41. The lowest BCUT2D eigenvalue weighted by atomic mass is 9.92. The van der Waals surface area contributed by atoms with Crippen LogP contribution < -0.4 is 10.1 Å². The van der Waals surface area contributed by atoms with Crippen molar-refractivity contribution in [3.63, 3.8) is 0 Å². The van der Waals surface area contributed by atoms with Gasteiger partial charge < -0.3 is 39.1 Å². The molecule has 14 heteroatoms. The summed E-state index contributed by atoms with van der Waals surface area (Å²) < 4.78 is 22.4. The summed E-state index contributed by atoms with van der Waals surface area (Å²) in [6, 6.07) is 13.5. The summed E-state index contributed by atoms with van der Waals surface area (Å²) in [4.78, 5) is 59.3. The number of hydrogen-bond donors (Lipinski definition) is 3. The minimum absolute atomic E-state index is 0.111. The van der Waals surface area contributed by atoms with Crippen molar-refractivity contribution in [2.75, 3.05) is 33.9 Å². The zero-order valence-corrected chi connectivity index (χ0v) is 33.6. The van der Waals surface area contributed by atoms with Crippen LogP contribution in [0, 0.1) is 11.8 Å². The topological polar surface area (TPSA) is 164 Å². The van der Waals surface area contributed by atoms with Crippen molar-refractivity contribution in [2.45, 2.75) is 84.2 Å². The fourth-order valence-corrected chi connectivity index (χ4v) is 8.54. The Labute approximate surface area is 331 Å². The van der Waals surface area contributed by atoms with Crippen LogP contribution in [-0.2, 0) is 25.6 Å². The highest BCUT2D eigenvalue weighted by Crippen LogP contribution is 2.44. The van der Waals surface area contributed by atoms with Crippen molar-refractivity contribution in [3.05, 3.63) is 65.9 Å². The Morgan fingerprint density at radius 3 is 2.58 bits per heavy atom. The molecule has 0 aliphatic carbocycles. The van der Waals surface area contributed by atoms with Crippen molar-refractivity contribution < 1.29 is 33.3 Å². The van der Waals surface area contributed by atoms with E-state index in [1.807, 2.05) is 51.8 Å². The smallest absolute Gasteiger partial charge is 0.410 e. The maximum atomic E-state index is 13.6. The molecule has 3 amide bonds. The van der Waals surface area contributed by atoms with Crippen LogP contribution >= 0.6 is 0 Å². The summed E-state index contributed by atoms with van der Waals surface area (Å²) in [7, 11) is 2.98. The molecule has 4 atom stereocenters. The van der Waals surface area contributed by atoms with Gasteiger partial charge in [-0.05, 0) is 92.3 Å². The molecule has 300 valence electrons. The average molecular weight is 778 g/mol. The molecule has 0 spiro atoms. The molecule has 14 nitrogen and oxygen atoms in total. The number of likely N-dealkylation sites (tertiary alicyclic amines) is 2. The zero-order valence-electron chi connectivity index (χ0n) is 33.6. The largest absolute Gasteiger partial charge is 0.488 e. The van der Waals surface area contributed by atoms with E-state index in [4.69, 9.17) is 28.9 Å². The Hall–Kier alpha value is -5.63. The zero-order chi connectivity index (χ0) is 40.2. The second-order valence-electron chi connectivity index (χ2n) is 16.7. The summed E-state index contributed by atoms with van der Waals surface area (Å²) in [5.41, 5.74) is 6.08. The maximum absolute atomic E-state index is 13.6. The molecule has 5 aromatic rings. The first-order valence-corrected chi connectivity index (χ1v) is 19.7. The second-order valence-corrected chi connectivity index (χ2v) is 16.7. The lowest BCUT2D eigenvalue weighted by Crippen LogP contribution is -2.51. The molecule has 3 aliphatic heterocycles. The number of fused-ring (bicyclic) bond motifs is 6. The van der Waals surface area contributed by atoms with Crippen LogP contribution in [0.5, 0.6) is 5.75 Å². The molecular weight excluding hydrogens is 727 g/mol. The number of imidazole rings is 2. The quantitative estimate of drug-likeness (QED) is 0.144. The van der Waals surface area contributed by atoms with E-state index in [-0.39, 0.29) is 35.9 Å². The third-order valence-corrected chi connectivity index (χ3v) is 11.3. The van der Waals surface area contributed by atoms with Crippen LogP contribution in [-0.4, -0.2) is 93.4 Å². The highest BCUT2D eigenvalue weighted by molar-refractivity contribution is 6.07. The Balaban J connectivity index is 1.04. The molecule has 57 heavy (non-hydrogen) atoms. The summed E-state index contributed by atoms with van der Waals surface area (Å²) in [5.74, 6) is 2.15. The lowest BCUT2D eigenvalue weighted by molar-refractivity contribution is -0.135. The number of ether oxygens (including phenoxy) is 4. The van der Waals surface area contributed by atoms with Gasteiger partial charge in [-0.25, -0.2) is 19.6 Å². The number of rotatable bonds is 8. The van der Waals surface area contributed by atoms with Crippen molar-refractivity contribution in [2.24, 2.45) is 11.8 Å². The molecule has 3 aromatic carbocycles. The number of aromatic nitrogens is 4. The molecule has 0 radical (unpaired) electrons. The van der Waals surface area contributed by atoms with Crippen LogP contribution in [0.2, 0.25) is 0 Å².